The zero-order valence-electron chi connectivity index (χ0n) is 12.9. The van der Waals surface area contributed by atoms with E-state index in [4.69, 9.17) is 4.74 Å². The standard InChI is InChI=1S/C18H17NO4/c1-19(2)18(22)23-16-10-3-13(4-11-16)5-12-17(21)14-6-8-15(20)9-7-14/h3-12,20H,1-2H3/b12-5+. The number of phenols is 1. The predicted molar refractivity (Wildman–Crippen MR) is 87.6 cm³/mol. The summed E-state index contributed by atoms with van der Waals surface area (Å²) in [6.07, 6.45) is 2.68. The van der Waals surface area contributed by atoms with Crippen molar-refractivity contribution in [2.45, 2.75) is 0 Å². The Labute approximate surface area is 134 Å². The van der Waals surface area contributed by atoms with E-state index < -0.39 is 6.09 Å². The molecule has 0 atom stereocenters. The third-order valence-corrected chi connectivity index (χ3v) is 3.03. The molecule has 1 N–H and O–H groups in total. The maximum atomic E-state index is 12.0. The van der Waals surface area contributed by atoms with E-state index in [2.05, 4.69) is 0 Å². The van der Waals surface area contributed by atoms with Gasteiger partial charge in [-0.2, -0.15) is 0 Å². The predicted octanol–water partition coefficient (Wildman–Crippen LogP) is 3.35. The van der Waals surface area contributed by atoms with E-state index in [1.54, 1.807) is 56.6 Å². The maximum Gasteiger partial charge on any atom is 0.414 e. The summed E-state index contributed by atoms with van der Waals surface area (Å²) in [5.41, 5.74) is 1.30. The summed E-state index contributed by atoms with van der Waals surface area (Å²) >= 11 is 0. The second-order valence-corrected chi connectivity index (χ2v) is 5.08. The first kappa shape index (κ1) is 16.3. The summed E-state index contributed by atoms with van der Waals surface area (Å²) < 4.78 is 5.11. The molecule has 0 spiro atoms. The van der Waals surface area contributed by atoms with Gasteiger partial charge in [0.1, 0.15) is 11.5 Å². The van der Waals surface area contributed by atoms with Crippen LogP contribution in [0, 0.1) is 0 Å². The maximum absolute atomic E-state index is 12.0. The first-order valence-corrected chi connectivity index (χ1v) is 6.96. The number of carbonyl (C=O) groups is 2. The van der Waals surface area contributed by atoms with Crippen molar-refractivity contribution in [3.8, 4) is 11.5 Å². The molecule has 0 saturated carbocycles. The monoisotopic (exact) mass is 311 g/mol. The van der Waals surface area contributed by atoms with Crippen LogP contribution in [0.15, 0.2) is 54.6 Å². The fourth-order valence-corrected chi connectivity index (χ4v) is 1.73. The number of amides is 1. The largest absolute Gasteiger partial charge is 0.508 e. The molecule has 0 unspecified atom stereocenters. The van der Waals surface area contributed by atoms with Gasteiger partial charge in [-0.15, -0.1) is 0 Å². The summed E-state index contributed by atoms with van der Waals surface area (Å²) in [6.45, 7) is 0. The van der Waals surface area contributed by atoms with Gasteiger partial charge in [0.05, 0.1) is 0 Å². The van der Waals surface area contributed by atoms with E-state index in [-0.39, 0.29) is 11.5 Å². The highest BCUT2D eigenvalue weighted by Gasteiger charge is 2.06. The number of carbonyl (C=O) groups excluding carboxylic acids is 2. The number of rotatable bonds is 4. The molecule has 0 bridgehead atoms. The molecule has 0 fully saturated rings. The minimum atomic E-state index is -0.448. The van der Waals surface area contributed by atoms with Crippen LogP contribution in [0.25, 0.3) is 6.08 Å². The fourth-order valence-electron chi connectivity index (χ4n) is 1.73. The summed E-state index contributed by atoms with van der Waals surface area (Å²) in [6, 6.07) is 12.9. The molecule has 2 aromatic rings. The molecule has 2 rings (SSSR count). The minimum absolute atomic E-state index is 0.119. The Morgan fingerprint density at radius 2 is 1.61 bits per heavy atom. The fraction of sp³-hybridized carbons (Fsp3) is 0.111. The smallest absolute Gasteiger partial charge is 0.414 e. The van der Waals surface area contributed by atoms with Crippen LogP contribution in [0.4, 0.5) is 4.79 Å². The molecule has 5 heteroatoms. The summed E-state index contributed by atoms with van der Waals surface area (Å²) in [7, 11) is 3.21. The number of benzene rings is 2. The van der Waals surface area contributed by atoms with Gasteiger partial charge in [-0.05, 0) is 48.0 Å². The molecular weight excluding hydrogens is 294 g/mol. The van der Waals surface area contributed by atoms with Crippen molar-refractivity contribution in [2.24, 2.45) is 0 Å². The highest BCUT2D eigenvalue weighted by molar-refractivity contribution is 6.06. The van der Waals surface area contributed by atoms with Gasteiger partial charge in [0.15, 0.2) is 5.78 Å². The van der Waals surface area contributed by atoms with E-state index in [1.165, 1.54) is 23.1 Å². The van der Waals surface area contributed by atoms with Crippen molar-refractivity contribution in [3.63, 3.8) is 0 Å². The molecule has 2 aromatic carbocycles. The van der Waals surface area contributed by atoms with Gasteiger partial charge in [-0.1, -0.05) is 18.2 Å². The SMILES string of the molecule is CN(C)C(=O)Oc1ccc(/C=C/C(=O)c2ccc(O)cc2)cc1. The van der Waals surface area contributed by atoms with Gasteiger partial charge in [0, 0.05) is 19.7 Å². The zero-order valence-corrected chi connectivity index (χ0v) is 12.9. The number of allylic oxidation sites excluding steroid dienone is 1. The van der Waals surface area contributed by atoms with Crippen LogP contribution >= 0.6 is 0 Å². The lowest BCUT2D eigenvalue weighted by atomic mass is 10.1. The van der Waals surface area contributed by atoms with Crippen LogP contribution in [-0.2, 0) is 0 Å². The summed E-state index contributed by atoms with van der Waals surface area (Å²) in [5, 5.41) is 9.20. The first-order valence-electron chi connectivity index (χ1n) is 6.96. The Hall–Kier alpha value is -3.08. The Bertz CT molecular complexity index is 716. The molecule has 0 heterocycles. The quantitative estimate of drug-likeness (QED) is 0.694. The number of hydrogen-bond donors (Lipinski definition) is 1. The number of ether oxygens (including phenoxy) is 1. The van der Waals surface area contributed by atoms with Crippen LogP contribution in [0.1, 0.15) is 15.9 Å². The van der Waals surface area contributed by atoms with Crippen LogP contribution in [-0.4, -0.2) is 36.0 Å². The molecule has 1 amide bonds. The molecule has 0 aliphatic carbocycles. The van der Waals surface area contributed by atoms with Crippen LogP contribution < -0.4 is 4.74 Å². The van der Waals surface area contributed by atoms with E-state index in [0.717, 1.165) is 5.56 Å². The normalized spacial score (nSPS) is 10.5. The number of aromatic hydroxyl groups is 1. The van der Waals surface area contributed by atoms with Crippen molar-refractivity contribution in [2.75, 3.05) is 14.1 Å². The lowest BCUT2D eigenvalue weighted by Crippen LogP contribution is -2.25. The van der Waals surface area contributed by atoms with Crippen LogP contribution in [0.3, 0.4) is 0 Å². The van der Waals surface area contributed by atoms with Crippen LogP contribution in [0.2, 0.25) is 0 Å². The van der Waals surface area contributed by atoms with Crippen molar-refractivity contribution in [1.82, 2.24) is 4.90 Å². The van der Waals surface area contributed by atoms with E-state index in [0.29, 0.717) is 11.3 Å². The zero-order chi connectivity index (χ0) is 16.8. The molecule has 0 aromatic heterocycles. The molecule has 118 valence electrons. The van der Waals surface area contributed by atoms with Gasteiger partial charge in [-0.25, -0.2) is 4.79 Å². The van der Waals surface area contributed by atoms with Gasteiger partial charge in [0.2, 0.25) is 0 Å². The van der Waals surface area contributed by atoms with Gasteiger partial charge < -0.3 is 14.7 Å². The Kier molecular flexibility index (Phi) is 5.15. The van der Waals surface area contributed by atoms with Crippen LogP contribution in [0.5, 0.6) is 11.5 Å². The molecule has 0 radical (unpaired) electrons. The van der Waals surface area contributed by atoms with Gasteiger partial charge in [0.25, 0.3) is 0 Å². The minimum Gasteiger partial charge on any atom is -0.508 e. The van der Waals surface area contributed by atoms with Gasteiger partial charge >= 0.3 is 6.09 Å². The van der Waals surface area contributed by atoms with E-state index in [1.807, 2.05) is 0 Å². The lowest BCUT2D eigenvalue weighted by molar-refractivity contribution is 0.104. The number of hydrogen-bond acceptors (Lipinski definition) is 4. The molecule has 0 aliphatic rings. The molecule has 5 nitrogen and oxygen atoms in total. The third-order valence-electron chi connectivity index (χ3n) is 3.03. The van der Waals surface area contributed by atoms with Crippen molar-refractivity contribution >= 4 is 18.0 Å². The average Bonchev–Trinajstić information content (AvgIpc) is 2.54. The molecular formula is C18H17NO4. The molecule has 23 heavy (non-hydrogen) atoms. The second kappa shape index (κ2) is 7.26. The number of nitrogens with zero attached hydrogens (tertiary/aromatic N) is 1. The number of ketones is 1. The van der Waals surface area contributed by atoms with Crippen molar-refractivity contribution in [1.29, 1.82) is 0 Å². The Balaban J connectivity index is 2.01. The van der Waals surface area contributed by atoms with Gasteiger partial charge in [-0.3, -0.25) is 4.79 Å². The summed E-state index contributed by atoms with van der Waals surface area (Å²) in [4.78, 5) is 24.7. The van der Waals surface area contributed by atoms with Crippen molar-refractivity contribution < 1.29 is 19.4 Å². The molecule has 0 aliphatic heterocycles. The Morgan fingerprint density at radius 3 is 2.17 bits per heavy atom. The highest BCUT2D eigenvalue weighted by atomic mass is 16.6. The Morgan fingerprint density at radius 1 is 1.00 bits per heavy atom. The second-order valence-electron chi connectivity index (χ2n) is 5.08. The number of phenolic OH excluding ortho intramolecular Hbond substituents is 1. The lowest BCUT2D eigenvalue weighted by Gasteiger charge is -2.10. The summed E-state index contributed by atoms with van der Waals surface area (Å²) in [5.74, 6) is 0.396. The molecule has 0 saturated heterocycles. The average molecular weight is 311 g/mol. The first-order chi connectivity index (χ1) is 11.0. The third kappa shape index (κ3) is 4.71. The van der Waals surface area contributed by atoms with E-state index >= 15 is 0 Å². The van der Waals surface area contributed by atoms with E-state index in [9.17, 15) is 14.7 Å². The van der Waals surface area contributed by atoms with Crippen molar-refractivity contribution in [3.05, 3.63) is 65.7 Å². The topological polar surface area (TPSA) is 66.8 Å². The highest BCUT2D eigenvalue weighted by Crippen LogP contribution is 2.15.